The molecule has 96 valence electrons. The Morgan fingerprint density at radius 3 is 2.68 bits per heavy atom. The van der Waals surface area contributed by atoms with E-state index in [1.165, 1.54) is 11.3 Å². The summed E-state index contributed by atoms with van der Waals surface area (Å²) >= 11 is 13.5. The minimum atomic E-state index is 0.593. The highest BCUT2D eigenvalue weighted by Crippen LogP contribution is 2.40. The first kappa shape index (κ1) is 12.7. The summed E-state index contributed by atoms with van der Waals surface area (Å²) in [5, 5.41) is 0. The van der Waals surface area contributed by atoms with Crippen LogP contribution in [-0.4, -0.2) is 10.7 Å². The molecular formula is C14H9Cl2NOS. The molecule has 2 nitrogen and oxygen atoms in total. The maximum atomic E-state index is 11.4. The van der Waals surface area contributed by atoms with Crippen molar-refractivity contribution >= 4 is 46.3 Å². The van der Waals surface area contributed by atoms with E-state index in [2.05, 4.69) is 0 Å². The van der Waals surface area contributed by atoms with Crippen molar-refractivity contribution in [3.8, 4) is 11.1 Å². The highest BCUT2D eigenvalue weighted by atomic mass is 35.5. The van der Waals surface area contributed by atoms with Crippen molar-refractivity contribution in [3.63, 3.8) is 0 Å². The van der Waals surface area contributed by atoms with Gasteiger partial charge in [0.25, 0.3) is 0 Å². The van der Waals surface area contributed by atoms with Gasteiger partial charge in [-0.25, -0.2) is 0 Å². The summed E-state index contributed by atoms with van der Waals surface area (Å²) in [6.07, 6.45) is 2.72. The predicted molar refractivity (Wildman–Crippen MR) is 80.9 cm³/mol. The summed E-state index contributed by atoms with van der Waals surface area (Å²) in [5.41, 5.74) is 4.32. The van der Waals surface area contributed by atoms with Gasteiger partial charge in [0, 0.05) is 22.8 Å². The van der Waals surface area contributed by atoms with Gasteiger partial charge in [0.1, 0.15) is 4.34 Å². The van der Waals surface area contributed by atoms with E-state index in [1.807, 2.05) is 35.7 Å². The van der Waals surface area contributed by atoms with Gasteiger partial charge >= 0.3 is 0 Å². The minimum Gasteiger partial charge on any atom is -0.313 e. The fourth-order valence-electron chi connectivity index (χ4n) is 2.22. The number of pyridine rings is 1. The third kappa shape index (κ3) is 1.98. The lowest BCUT2D eigenvalue weighted by atomic mass is 10.1. The largest absolute Gasteiger partial charge is 0.313 e. The molecule has 0 unspecified atom stereocenters. The zero-order chi connectivity index (χ0) is 13.6. The Morgan fingerprint density at radius 2 is 2.05 bits per heavy atom. The Bertz CT molecular complexity index is 788. The molecular weight excluding hydrogens is 301 g/mol. The van der Waals surface area contributed by atoms with Gasteiger partial charge in [-0.15, -0.1) is 11.3 Å². The van der Waals surface area contributed by atoms with Gasteiger partial charge in [-0.05, 0) is 30.7 Å². The highest BCUT2D eigenvalue weighted by molar-refractivity contribution is 7.20. The topological polar surface area (TPSA) is 21.5 Å². The first-order valence-electron chi connectivity index (χ1n) is 5.63. The van der Waals surface area contributed by atoms with Crippen LogP contribution in [0.1, 0.15) is 16.1 Å². The smallest absolute Gasteiger partial charge is 0.167 e. The van der Waals surface area contributed by atoms with Crippen LogP contribution in [-0.2, 0) is 0 Å². The Hall–Kier alpha value is -1.29. The lowest BCUT2D eigenvalue weighted by Crippen LogP contribution is -1.92. The number of carbonyl (C=O) groups is 1. The number of aromatic nitrogens is 1. The number of rotatable bonds is 2. The van der Waals surface area contributed by atoms with Gasteiger partial charge in [0.2, 0.25) is 0 Å². The molecule has 3 heterocycles. The van der Waals surface area contributed by atoms with E-state index in [-0.39, 0.29) is 0 Å². The van der Waals surface area contributed by atoms with Crippen LogP contribution < -0.4 is 0 Å². The molecule has 0 spiro atoms. The molecule has 0 radical (unpaired) electrons. The van der Waals surface area contributed by atoms with Crippen molar-refractivity contribution < 1.29 is 4.79 Å². The molecule has 3 aromatic rings. The lowest BCUT2D eigenvalue weighted by Gasteiger charge is -2.00. The summed E-state index contributed by atoms with van der Waals surface area (Å²) < 4.78 is 3.09. The van der Waals surface area contributed by atoms with E-state index in [0.717, 1.165) is 28.5 Å². The fraction of sp³-hybridized carbons (Fsp3) is 0.0714. The second kappa shape index (κ2) is 4.67. The summed E-state index contributed by atoms with van der Waals surface area (Å²) in [4.78, 5) is 11.4. The van der Waals surface area contributed by atoms with Crippen molar-refractivity contribution in [1.29, 1.82) is 0 Å². The fourth-order valence-corrected chi connectivity index (χ4v) is 3.71. The maximum absolute atomic E-state index is 11.4. The van der Waals surface area contributed by atoms with Crippen LogP contribution in [0.5, 0.6) is 0 Å². The summed E-state index contributed by atoms with van der Waals surface area (Å²) in [6.45, 7) is 2.01. The summed E-state index contributed by atoms with van der Waals surface area (Å²) in [5.74, 6) is 0. The van der Waals surface area contributed by atoms with Gasteiger partial charge in [0.15, 0.2) is 6.29 Å². The lowest BCUT2D eigenvalue weighted by molar-refractivity contribution is 0.111. The van der Waals surface area contributed by atoms with Gasteiger partial charge in [0.05, 0.1) is 10.0 Å². The zero-order valence-corrected chi connectivity index (χ0v) is 12.3. The quantitative estimate of drug-likeness (QED) is 0.604. The molecule has 3 aromatic heterocycles. The summed E-state index contributed by atoms with van der Waals surface area (Å²) in [7, 11) is 0. The van der Waals surface area contributed by atoms with Crippen molar-refractivity contribution in [2.75, 3.05) is 0 Å². The number of thiophene rings is 1. The number of nitrogens with zero attached hydrogens (tertiary/aromatic N) is 1. The summed E-state index contributed by atoms with van der Waals surface area (Å²) in [6, 6.07) is 7.70. The van der Waals surface area contributed by atoms with Crippen molar-refractivity contribution in [2.45, 2.75) is 6.92 Å². The molecule has 0 aliphatic rings. The number of hydrogen-bond acceptors (Lipinski definition) is 2. The molecule has 0 saturated heterocycles. The van der Waals surface area contributed by atoms with E-state index in [9.17, 15) is 4.79 Å². The average Bonchev–Trinajstić information content (AvgIpc) is 2.90. The highest BCUT2D eigenvalue weighted by Gasteiger charge is 2.16. The molecule has 0 saturated carbocycles. The second-order valence-electron chi connectivity index (χ2n) is 4.25. The number of fused-ring (bicyclic) bond motifs is 1. The van der Waals surface area contributed by atoms with Crippen LogP contribution in [0.2, 0.25) is 8.67 Å². The van der Waals surface area contributed by atoms with Crippen LogP contribution >= 0.6 is 34.5 Å². The number of aldehydes is 1. The van der Waals surface area contributed by atoms with Crippen molar-refractivity contribution in [3.05, 3.63) is 50.4 Å². The molecule has 0 N–H and O–H groups in total. The first-order chi connectivity index (χ1) is 9.11. The van der Waals surface area contributed by atoms with E-state index in [4.69, 9.17) is 23.2 Å². The zero-order valence-electron chi connectivity index (χ0n) is 9.98. The van der Waals surface area contributed by atoms with Crippen LogP contribution in [0.4, 0.5) is 0 Å². The van der Waals surface area contributed by atoms with E-state index < -0.39 is 0 Å². The molecule has 5 heteroatoms. The van der Waals surface area contributed by atoms with Gasteiger partial charge in [-0.3, -0.25) is 4.79 Å². The van der Waals surface area contributed by atoms with Gasteiger partial charge < -0.3 is 4.40 Å². The molecule has 19 heavy (non-hydrogen) atoms. The third-order valence-corrected chi connectivity index (χ3v) is 4.61. The Labute approximate surface area is 124 Å². The van der Waals surface area contributed by atoms with Gasteiger partial charge in [-0.2, -0.15) is 0 Å². The molecule has 3 rings (SSSR count). The predicted octanol–water partition coefficient (Wildman–Crippen LogP) is 5.10. The van der Waals surface area contributed by atoms with Crippen LogP contribution in [0, 0.1) is 6.92 Å². The van der Waals surface area contributed by atoms with Gasteiger partial charge in [-0.1, -0.05) is 29.3 Å². The normalized spacial score (nSPS) is 11.1. The molecule has 0 fully saturated rings. The third-order valence-electron chi connectivity index (χ3n) is 3.12. The van der Waals surface area contributed by atoms with Crippen molar-refractivity contribution in [2.24, 2.45) is 0 Å². The molecule has 0 atom stereocenters. The minimum absolute atomic E-state index is 0.593. The van der Waals surface area contributed by atoms with E-state index in [1.54, 1.807) is 6.07 Å². The number of aryl methyl sites for hydroxylation is 1. The molecule has 0 aliphatic heterocycles. The first-order valence-corrected chi connectivity index (χ1v) is 7.20. The standard InChI is InChI=1S/C14H9Cl2NOS/c1-8-3-2-4-17-11(8)5-9(12(17)7-18)10-6-13(15)19-14(10)16/h2-7H,1H3. The Balaban J connectivity index is 2.38. The molecule has 0 amide bonds. The number of hydrogen-bond donors (Lipinski definition) is 0. The number of carbonyl (C=O) groups excluding carboxylic acids is 1. The second-order valence-corrected chi connectivity index (χ2v) is 6.53. The van der Waals surface area contributed by atoms with Crippen LogP contribution in [0.25, 0.3) is 16.6 Å². The number of halogens is 2. The van der Waals surface area contributed by atoms with E-state index in [0.29, 0.717) is 14.4 Å². The maximum Gasteiger partial charge on any atom is 0.167 e. The average molecular weight is 310 g/mol. The Kier molecular flexibility index (Phi) is 3.13. The van der Waals surface area contributed by atoms with Crippen LogP contribution in [0.15, 0.2) is 30.5 Å². The van der Waals surface area contributed by atoms with E-state index >= 15 is 0 Å². The molecule has 0 bridgehead atoms. The Morgan fingerprint density at radius 1 is 1.26 bits per heavy atom. The van der Waals surface area contributed by atoms with Crippen molar-refractivity contribution in [1.82, 2.24) is 4.40 Å². The molecule has 0 aromatic carbocycles. The molecule has 0 aliphatic carbocycles. The van der Waals surface area contributed by atoms with Crippen LogP contribution in [0.3, 0.4) is 0 Å². The SMILES string of the molecule is Cc1cccn2c(C=O)c(-c3cc(Cl)sc3Cl)cc12. The monoisotopic (exact) mass is 309 g/mol.